The molecule has 0 bridgehead atoms. The standard InChI is InChI=1S/C17H32N6O2.HI/c1-18-17(19-6-5-7-21(2)8-10-24-4)23-9-11-25-16(14-23)15-12-20-22(3)13-15;/h12-13,16H,5-11,14H2,1-4H3,(H,18,19);1H. The summed E-state index contributed by atoms with van der Waals surface area (Å²) in [6.07, 6.45) is 5.00. The van der Waals surface area contributed by atoms with Crippen LogP contribution in [0.15, 0.2) is 17.4 Å². The van der Waals surface area contributed by atoms with Crippen molar-refractivity contribution in [3.63, 3.8) is 0 Å². The molecule has 2 heterocycles. The smallest absolute Gasteiger partial charge is 0.193 e. The van der Waals surface area contributed by atoms with E-state index in [0.717, 1.165) is 57.3 Å². The zero-order valence-corrected chi connectivity index (χ0v) is 18.7. The zero-order valence-electron chi connectivity index (χ0n) is 16.3. The Labute approximate surface area is 173 Å². The van der Waals surface area contributed by atoms with Gasteiger partial charge < -0.3 is 24.6 Å². The number of morpholine rings is 1. The lowest BCUT2D eigenvalue weighted by molar-refractivity contribution is -0.00802. The summed E-state index contributed by atoms with van der Waals surface area (Å²) in [5.41, 5.74) is 1.11. The number of aryl methyl sites for hydroxylation is 1. The van der Waals surface area contributed by atoms with Gasteiger partial charge in [-0.05, 0) is 20.0 Å². The van der Waals surface area contributed by atoms with Crippen molar-refractivity contribution >= 4 is 29.9 Å². The second-order valence-electron chi connectivity index (χ2n) is 6.38. The second kappa shape index (κ2) is 12.5. The third-order valence-electron chi connectivity index (χ3n) is 4.35. The first-order valence-electron chi connectivity index (χ1n) is 8.87. The summed E-state index contributed by atoms with van der Waals surface area (Å²) in [4.78, 5) is 8.97. The molecular formula is C17H33IN6O2. The van der Waals surface area contributed by atoms with Crippen LogP contribution in [-0.2, 0) is 16.5 Å². The molecule has 150 valence electrons. The number of likely N-dealkylation sites (N-methyl/N-ethyl adjacent to an activating group) is 1. The van der Waals surface area contributed by atoms with Crippen LogP contribution in [0.3, 0.4) is 0 Å². The van der Waals surface area contributed by atoms with Crippen LogP contribution in [-0.4, -0.2) is 92.7 Å². The molecule has 8 nitrogen and oxygen atoms in total. The molecule has 1 fully saturated rings. The quantitative estimate of drug-likeness (QED) is 0.259. The van der Waals surface area contributed by atoms with Crippen molar-refractivity contribution in [3.8, 4) is 0 Å². The lowest BCUT2D eigenvalue weighted by Crippen LogP contribution is -2.48. The average molecular weight is 480 g/mol. The Bertz CT molecular complexity index is 539. The number of hydrogen-bond donors (Lipinski definition) is 1. The predicted molar refractivity (Wildman–Crippen MR) is 114 cm³/mol. The molecule has 0 spiro atoms. The van der Waals surface area contributed by atoms with Gasteiger partial charge in [0.05, 0.1) is 26.0 Å². The molecule has 0 aromatic carbocycles. The van der Waals surface area contributed by atoms with Crippen LogP contribution < -0.4 is 5.32 Å². The van der Waals surface area contributed by atoms with E-state index >= 15 is 0 Å². The summed E-state index contributed by atoms with van der Waals surface area (Å²) in [5.74, 6) is 0.941. The maximum Gasteiger partial charge on any atom is 0.193 e. The van der Waals surface area contributed by atoms with Gasteiger partial charge in [-0.1, -0.05) is 0 Å². The lowest BCUT2D eigenvalue weighted by Gasteiger charge is -2.34. The fraction of sp³-hybridized carbons (Fsp3) is 0.765. The summed E-state index contributed by atoms with van der Waals surface area (Å²) in [7, 11) is 7.62. The van der Waals surface area contributed by atoms with Crippen molar-refractivity contribution in [1.82, 2.24) is 24.9 Å². The molecule has 26 heavy (non-hydrogen) atoms. The highest BCUT2D eigenvalue weighted by molar-refractivity contribution is 14.0. The van der Waals surface area contributed by atoms with Crippen molar-refractivity contribution in [2.24, 2.45) is 12.0 Å². The molecular weight excluding hydrogens is 447 g/mol. The van der Waals surface area contributed by atoms with Crippen LogP contribution in [0.5, 0.6) is 0 Å². The van der Waals surface area contributed by atoms with E-state index in [2.05, 4.69) is 32.3 Å². The number of nitrogens with zero attached hydrogens (tertiary/aromatic N) is 5. The van der Waals surface area contributed by atoms with E-state index in [9.17, 15) is 0 Å². The fourth-order valence-electron chi connectivity index (χ4n) is 2.89. The Morgan fingerprint density at radius 2 is 2.31 bits per heavy atom. The molecule has 1 N–H and O–H groups in total. The molecule has 1 aromatic heterocycles. The van der Waals surface area contributed by atoms with Crippen LogP contribution in [0.4, 0.5) is 0 Å². The van der Waals surface area contributed by atoms with E-state index in [1.54, 1.807) is 7.11 Å². The maximum atomic E-state index is 5.90. The summed E-state index contributed by atoms with van der Waals surface area (Å²) in [5, 5.41) is 7.71. The number of ether oxygens (including phenoxy) is 2. The number of hydrogen-bond acceptors (Lipinski definition) is 5. The number of aliphatic imine (C=N–C) groups is 1. The number of guanidine groups is 1. The number of halogens is 1. The predicted octanol–water partition coefficient (Wildman–Crippen LogP) is 0.955. The molecule has 0 aliphatic carbocycles. The first kappa shape index (κ1) is 23.1. The van der Waals surface area contributed by atoms with Crippen molar-refractivity contribution in [2.45, 2.75) is 12.5 Å². The Balaban J connectivity index is 0.00000338. The molecule has 1 unspecified atom stereocenters. The maximum absolute atomic E-state index is 5.90. The number of rotatable bonds is 8. The van der Waals surface area contributed by atoms with Crippen LogP contribution in [0.1, 0.15) is 18.1 Å². The van der Waals surface area contributed by atoms with E-state index in [0.29, 0.717) is 6.61 Å². The van der Waals surface area contributed by atoms with Crippen LogP contribution >= 0.6 is 24.0 Å². The van der Waals surface area contributed by atoms with Gasteiger partial charge in [0.1, 0.15) is 6.10 Å². The molecule has 1 aliphatic heterocycles. The van der Waals surface area contributed by atoms with Crippen LogP contribution in [0.25, 0.3) is 0 Å². The summed E-state index contributed by atoms with van der Waals surface area (Å²) in [6.45, 7) is 6.01. The Morgan fingerprint density at radius 3 is 2.96 bits per heavy atom. The molecule has 1 aromatic rings. The normalized spacial score (nSPS) is 18.1. The largest absolute Gasteiger partial charge is 0.383 e. The molecule has 0 saturated carbocycles. The minimum atomic E-state index is 0. The van der Waals surface area contributed by atoms with Crippen molar-refractivity contribution < 1.29 is 9.47 Å². The highest BCUT2D eigenvalue weighted by Gasteiger charge is 2.24. The van der Waals surface area contributed by atoms with Gasteiger partial charge in [-0.3, -0.25) is 9.67 Å². The number of aromatic nitrogens is 2. The molecule has 1 saturated heterocycles. The van der Waals surface area contributed by atoms with Gasteiger partial charge in [0, 0.05) is 52.6 Å². The van der Waals surface area contributed by atoms with E-state index < -0.39 is 0 Å². The molecule has 1 aliphatic rings. The molecule has 0 amide bonds. The third-order valence-corrected chi connectivity index (χ3v) is 4.35. The van der Waals surface area contributed by atoms with Gasteiger partial charge in [0.2, 0.25) is 0 Å². The van der Waals surface area contributed by atoms with Gasteiger partial charge in [-0.15, -0.1) is 24.0 Å². The molecule has 1 atom stereocenters. The van der Waals surface area contributed by atoms with Gasteiger partial charge in [0.15, 0.2) is 5.96 Å². The van der Waals surface area contributed by atoms with E-state index in [1.165, 1.54) is 0 Å². The summed E-state index contributed by atoms with van der Waals surface area (Å²) in [6, 6.07) is 0. The van der Waals surface area contributed by atoms with Crippen LogP contribution in [0, 0.1) is 0 Å². The number of methoxy groups -OCH3 is 1. The second-order valence-corrected chi connectivity index (χ2v) is 6.38. The Kier molecular flexibility index (Phi) is 11.1. The van der Waals surface area contributed by atoms with E-state index in [-0.39, 0.29) is 30.1 Å². The van der Waals surface area contributed by atoms with Gasteiger partial charge in [-0.2, -0.15) is 5.10 Å². The highest BCUT2D eigenvalue weighted by atomic mass is 127. The summed E-state index contributed by atoms with van der Waals surface area (Å²) >= 11 is 0. The topological polar surface area (TPSA) is 67.2 Å². The van der Waals surface area contributed by atoms with Crippen molar-refractivity contribution in [3.05, 3.63) is 18.0 Å². The number of nitrogens with one attached hydrogen (secondary N) is 1. The van der Waals surface area contributed by atoms with Crippen molar-refractivity contribution in [1.29, 1.82) is 0 Å². The Hall–Kier alpha value is -0.910. The van der Waals surface area contributed by atoms with Gasteiger partial charge in [-0.25, -0.2) is 0 Å². The summed E-state index contributed by atoms with van der Waals surface area (Å²) < 4.78 is 12.8. The molecule has 0 radical (unpaired) electrons. The molecule has 2 rings (SSSR count). The van der Waals surface area contributed by atoms with E-state index in [4.69, 9.17) is 9.47 Å². The monoisotopic (exact) mass is 480 g/mol. The third kappa shape index (κ3) is 7.37. The Morgan fingerprint density at radius 1 is 1.50 bits per heavy atom. The minimum Gasteiger partial charge on any atom is -0.383 e. The highest BCUT2D eigenvalue weighted by Crippen LogP contribution is 2.21. The lowest BCUT2D eigenvalue weighted by atomic mass is 10.1. The first-order valence-corrected chi connectivity index (χ1v) is 8.87. The zero-order chi connectivity index (χ0) is 18.1. The van der Waals surface area contributed by atoms with Crippen LogP contribution in [0.2, 0.25) is 0 Å². The SMILES string of the molecule is CN=C(NCCCN(C)CCOC)N1CCOC(c2cnn(C)c2)C1.I. The minimum absolute atomic E-state index is 0. The average Bonchev–Trinajstić information content (AvgIpc) is 3.06. The van der Waals surface area contributed by atoms with Gasteiger partial charge in [0.25, 0.3) is 0 Å². The van der Waals surface area contributed by atoms with Gasteiger partial charge >= 0.3 is 0 Å². The fourth-order valence-corrected chi connectivity index (χ4v) is 2.89. The first-order chi connectivity index (χ1) is 12.1. The van der Waals surface area contributed by atoms with E-state index in [1.807, 2.05) is 31.2 Å². The van der Waals surface area contributed by atoms with Crippen molar-refractivity contribution in [2.75, 3.05) is 67.1 Å². The molecule has 9 heteroatoms.